The number of ether oxygens (including phenoxy) is 1. The van der Waals surface area contributed by atoms with Crippen molar-refractivity contribution in [3.8, 4) is 5.75 Å². The van der Waals surface area contributed by atoms with E-state index < -0.39 is 0 Å². The number of anilines is 1. The van der Waals surface area contributed by atoms with E-state index in [0.717, 1.165) is 42.2 Å². The number of hydrazone groups is 1. The molecule has 0 aliphatic carbocycles. The molecule has 0 unspecified atom stereocenters. The normalized spacial score (nSPS) is 14.9. The predicted octanol–water partition coefficient (Wildman–Crippen LogP) is 3.86. The molecule has 1 N–H and O–H groups in total. The second-order valence-corrected chi connectivity index (χ2v) is 7.82. The quantitative estimate of drug-likeness (QED) is 0.465. The van der Waals surface area contributed by atoms with Gasteiger partial charge in [0, 0.05) is 18.7 Å². The lowest BCUT2D eigenvalue weighted by molar-refractivity contribution is 0.321. The molecule has 3 aromatic rings. The van der Waals surface area contributed by atoms with Crippen molar-refractivity contribution in [2.75, 3.05) is 25.6 Å². The van der Waals surface area contributed by atoms with Crippen molar-refractivity contribution in [3.05, 3.63) is 63.9 Å². The fraction of sp³-hybridized carbons (Fsp3) is 0.375. The van der Waals surface area contributed by atoms with Gasteiger partial charge in [-0.1, -0.05) is 12.1 Å². The number of nitrogens with zero attached hydrogens (tertiary/aromatic N) is 4. The lowest BCUT2D eigenvalue weighted by atomic mass is 10.1. The summed E-state index contributed by atoms with van der Waals surface area (Å²) in [5, 5.41) is 5.15. The molecule has 0 saturated carbocycles. The molecule has 1 aliphatic heterocycles. The van der Waals surface area contributed by atoms with Gasteiger partial charge in [-0.3, -0.25) is 14.3 Å². The van der Waals surface area contributed by atoms with Crippen LogP contribution in [-0.4, -0.2) is 40.4 Å². The van der Waals surface area contributed by atoms with Crippen LogP contribution < -0.4 is 15.7 Å². The standard InChI is InChI=1S/C24H29N5O2/c1-4-29-23(30)20-9-5-6-10-21(20)25-24(29)27-26-17(2)18-11-12-22(31-3)19(15-18)16-28-13-7-8-14-28/h5-6,9-12,15H,4,7-8,13-14,16H2,1-3H3,(H,25,27)/b26-17-. The first-order chi connectivity index (χ1) is 15.1. The summed E-state index contributed by atoms with van der Waals surface area (Å²) >= 11 is 0. The minimum Gasteiger partial charge on any atom is -0.496 e. The molecule has 0 amide bonds. The largest absolute Gasteiger partial charge is 0.496 e. The van der Waals surface area contributed by atoms with Crippen LogP contribution in [0.1, 0.15) is 37.8 Å². The van der Waals surface area contributed by atoms with Gasteiger partial charge in [0.05, 0.1) is 23.7 Å². The Bertz CT molecular complexity index is 1160. The second-order valence-electron chi connectivity index (χ2n) is 7.82. The molecule has 7 heteroatoms. The number of methoxy groups -OCH3 is 1. The topological polar surface area (TPSA) is 71.8 Å². The number of rotatable bonds is 7. The monoisotopic (exact) mass is 419 g/mol. The first-order valence-electron chi connectivity index (χ1n) is 10.8. The number of para-hydroxylation sites is 1. The first-order valence-corrected chi connectivity index (χ1v) is 10.8. The highest BCUT2D eigenvalue weighted by Gasteiger charge is 2.15. The molecular weight excluding hydrogens is 390 g/mol. The molecule has 2 aromatic carbocycles. The van der Waals surface area contributed by atoms with Gasteiger partial charge in [-0.05, 0) is 75.7 Å². The minimum absolute atomic E-state index is 0.0687. The highest BCUT2D eigenvalue weighted by Crippen LogP contribution is 2.24. The van der Waals surface area contributed by atoms with Crippen LogP contribution in [-0.2, 0) is 13.1 Å². The van der Waals surface area contributed by atoms with Crippen LogP contribution in [0.25, 0.3) is 10.9 Å². The van der Waals surface area contributed by atoms with E-state index in [1.54, 1.807) is 17.7 Å². The first kappa shape index (κ1) is 21.1. The Morgan fingerprint density at radius 3 is 2.71 bits per heavy atom. The van der Waals surface area contributed by atoms with Crippen LogP contribution in [0.4, 0.5) is 5.95 Å². The molecule has 31 heavy (non-hydrogen) atoms. The van der Waals surface area contributed by atoms with E-state index in [-0.39, 0.29) is 5.56 Å². The van der Waals surface area contributed by atoms with Gasteiger partial charge in [0.2, 0.25) is 5.95 Å². The molecule has 0 radical (unpaired) electrons. The zero-order chi connectivity index (χ0) is 21.8. The number of likely N-dealkylation sites (tertiary alicyclic amines) is 1. The molecular formula is C24H29N5O2. The van der Waals surface area contributed by atoms with E-state index in [4.69, 9.17) is 4.74 Å². The van der Waals surface area contributed by atoms with Gasteiger partial charge >= 0.3 is 0 Å². The van der Waals surface area contributed by atoms with E-state index >= 15 is 0 Å². The number of hydrogen-bond acceptors (Lipinski definition) is 6. The SMILES string of the molecule is CCn1c(N/N=C(/C)c2ccc(OC)c(CN3CCCC3)c2)nc2ccccc2c1=O. The summed E-state index contributed by atoms with van der Waals surface area (Å²) in [6.45, 7) is 7.52. The Hall–Kier alpha value is -3.19. The molecule has 1 fully saturated rings. The number of hydrogen-bond donors (Lipinski definition) is 1. The van der Waals surface area contributed by atoms with Crippen LogP contribution in [0.3, 0.4) is 0 Å². The van der Waals surface area contributed by atoms with E-state index in [1.165, 1.54) is 12.8 Å². The lowest BCUT2D eigenvalue weighted by Crippen LogP contribution is -2.23. The van der Waals surface area contributed by atoms with Crippen LogP contribution in [0.15, 0.2) is 52.4 Å². The van der Waals surface area contributed by atoms with E-state index in [0.29, 0.717) is 23.4 Å². The van der Waals surface area contributed by atoms with Crippen molar-refractivity contribution >= 4 is 22.6 Å². The van der Waals surface area contributed by atoms with Crippen molar-refractivity contribution in [2.24, 2.45) is 5.10 Å². The summed E-state index contributed by atoms with van der Waals surface area (Å²) in [7, 11) is 1.71. The number of aromatic nitrogens is 2. The average Bonchev–Trinajstić information content (AvgIpc) is 3.30. The third kappa shape index (κ3) is 4.46. The lowest BCUT2D eigenvalue weighted by Gasteiger charge is -2.18. The van der Waals surface area contributed by atoms with Gasteiger partial charge in [0.25, 0.3) is 5.56 Å². The van der Waals surface area contributed by atoms with Gasteiger partial charge in [-0.25, -0.2) is 10.4 Å². The zero-order valence-corrected chi connectivity index (χ0v) is 18.4. The van der Waals surface area contributed by atoms with Gasteiger partial charge < -0.3 is 4.74 Å². The minimum atomic E-state index is -0.0687. The summed E-state index contributed by atoms with van der Waals surface area (Å²) in [5.74, 6) is 1.34. The summed E-state index contributed by atoms with van der Waals surface area (Å²) in [6.07, 6.45) is 2.51. The van der Waals surface area contributed by atoms with Crippen LogP contribution in [0, 0.1) is 0 Å². The van der Waals surface area contributed by atoms with Crippen molar-refractivity contribution in [2.45, 2.75) is 39.8 Å². The Kier molecular flexibility index (Phi) is 6.32. The Balaban J connectivity index is 1.62. The Labute approximate surface area is 182 Å². The van der Waals surface area contributed by atoms with Gasteiger partial charge in [0.15, 0.2) is 0 Å². The summed E-state index contributed by atoms with van der Waals surface area (Å²) in [4.78, 5) is 19.8. The van der Waals surface area contributed by atoms with Crippen LogP contribution in [0.5, 0.6) is 5.75 Å². The van der Waals surface area contributed by atoms with E-state index in [1.807, 2.05) is 44.2 Å². The molecule has 1 aromatic heterocycles. The average molecular weight is 420 g/mol. The molecule has 1 aliphatic rings. The molecule has 7 nitrogen and oxygen atoms in total. The summed E-state index contributed by atoms with van der Waals surface area (Å²) in [6, 6.07) is 13.5. The molecule has 0 spiro atoms. The second kappa shape index (κ2) is 9.31. The molecule has 4 rings (SSSR count). The van der Waals surface area contributed by atoms with E-state index in [9.17, 15) is 4.79 Å². The third-order valence-electron chi connectivity index (χ3n) is 5.79. The number of fused-ring (bicyclic) bond motifs is 1. The molecule has 2 heterocycles. The predicted molar refractivity (Wildman–Crippen MR) is 125 cm³/mol. The number of nitrogens with one attached hydrogen (secondary N) is 1. The maximum Gasteiger partial charge on any atom is 0.262 e. The molecule has 162 valence electrons. The van der Waals surface area contributed by atoms with Crippen molar-refractivity contribution in [1.82, 2.24) is 14.5 Å². The highest BCUT2D eigenvalue weighted by atomic mass is 16.5. The molecule has 0 bridgehead atoms. The maximum atomic E-state index is 12.8. The summed E-state index contributed by atoms with van der Waals surface area (Å²) < 4.78 is 7.18. The maximum absolute atomic E-state index is 12.8. The van der Waals surface area contributed by atoms with Crippen molar-refractivity contribution in [1.29, 1.82) is 0 Å². The fourth-order valence-corrected chi connectivity index (χ4v) is 4.05. The highest BCUT2D eigenvalue weighted by molar-refractivity contribution is 5.99. The number of benzene rings is 2. The Morgan fingerprint density at radius 2 is 1.97 bits per heavy atom. The van der Waals surface area contributed by atoms with Gasteiger partial charge in [-0.15, -0.1) is 0 Å². The smallest absolute Gasteiger partial charge is 0.262 e. The van der Waals surface area contributed by atoms with Crippen LogP contribution >= 0.6 is 0 Å². The Morgan fingerprint density at radius 1 is 1.19 bits per heavy atom. The van der Waals surface area contributed by atoms with E-state index in [2.05, 4.69) is 26.5 Å². The zero-order valence-electron chi connectivity index (χ0n) is 18.4. The summed E-state index contributed by atoms with van der Waals surface area (Å²) in [5.41, 5.74) is 6.58. The third-order valence-corrected chi connectivity index (χ3v) is 5.79. The van der Waals surface area contributed by atoms with Crippen LogP contribution in [0.2, 0.25) is 0 Å². The van der Waals surface area contributed by atoms with Gasteiger partial charge in [-0.2, -0.15) is 5.10 Å². The van der Waals surface area contributed by atoms with Crippen molar-refractivity contribution in [3.63, 3.8) is 0 Å². The fourth-order valence-electron chi connectivity index (χ4n) is 4.05. The van der Waals surface area contributed by atoms with Crippen molar-refractivity contribution < 1.29 is 4.74 Å². The van der Waals surface area contributed by atoms with Gasteiger partial charge in [0.1, 0.15) is 5.75 Å². The molecule has 0 atom stereocenters. The molecule has 1 saturated heterocycles.